The van der Waals surface area contributed by atoms with Crippen LogP contribution in [0.5, 0.6) is 11.6 Å². The summed E-state index contributed by atoms with van der Waals surface area (Å²) in [6.45, 7) is 2.34. The molecule has 0 spiro atoms. The molecule has 0 aliphatic rings. The second-order valence-electron chi connectivity index (χ2n) is 4.60. The van der Waals surface area contributed by atoms with Crippen LogP contribution in [0.2, 0.25) is 0 Å². The molecule has 22 heavy (non-hydrogen) atoms. The molecule has 0 fully saturated rings. The second kappa shape index (κ2) is 6.30. The average molecular weight is 303 g/mol. The Bertz CT molecular complexity index is 834. The average Bonchev–Trinajstić information content (AvgIpc) is 2.53. The van der Waals surface area contributed by atoms with Gasteiger partial charge in [-0.25, -0.2) is 4.79 Å². The number of hydrogen-bond donors (Lipinski definition) is 1. The summed E-state index contributed by atoms with van der Waals surface area (Å²) in [6.07, 6.45) is 1.23. The number of aromatic hydroxyl groups is 1. The zero-order valence-corrected chi connectivity index (χ0v) is 12.6. The van der Waals surface area contributed by atoms with Crippen molar-refractivity contribution in [1.29, 1.82) is 0 Å². The highest BCUT2D eigenvalue weighted by Crippen LogP contribution is 2.26. The van der Waals surface area contributed by atoms with Gasteiger partial charge in [0.05, 0.1) is 6.61 Å². The molecule has 0 aliphatic heterocycles. The van der Waals surface area contributed by atoms with Gasteiger partial charge in [-0.1, -0.05) is 12.1 Å². The highest BCUT2D eigenvalue weighted by Gasteiger charge is 2.13. The Morgan fingerprint density at radius 2 is 1.91 bits per heavy atom. The standard InChI is InChI=1S/C15H17N3O4/c1-4-22-12-8-6-5-7-11(12)16-9-10-13(19)17(2)15(21)18(3)14(10)20/h5-9,19H,4H2,1-3H3. The molecule has 0 bridgehead atoms. The molecule has 1 aromatic heterocycles. The molecule has 2 rings (SSSR count). The van der Waals surface area contributed by atoms with E-state index in [0.29, 0.717) is 18.0 Å². The van der Waals surface area contributed by atoms with Crippen LogP contribution in [0.3, 0.4) is 0 Å². The minimum absolute atomic E-state index is 0.0594. The summed E-state index contributed by atoms with van der Waals surface area (Å²) in [7, 11) is 2.72. The van der Waals surface area contributed by atoms with E-state index in [4.69, 9.17) is 4.74 Å². The van der Waals surface area contributed by atoms with Crippen molar-refractivity contribution < 1.29 is 9.84 Å². The fraction of sp³-hybridized carbons (Fsp3) is 0.267. The Balaban J connectivity index is 2.53. The van der Waals surface area contributed by atoms with E-state index in [1.807, 2.05) is 13.0 Å². The fourth-order valence-corrected chi connectivity index (χ4v) is 1.95. The SMILES string of the molecule is CCOc1ccccc1N=Cc1c(O)n(C)c(=O)n(C)c1=O. The third-order valence-corrected chi connectivity index (χ3v) is 3.17. The minimum Gasteiger partial charge on any atom is -0.494 e. The molecule has 0 radical (unpaired) electrons. The maximum atomic E-state index is 12.1. The van der Waals surface area contributed by atoms with Gasteiger partial charge in [-0.2, -0.15) is 0 Å². The minimum atomic E-state index is -0.613. The first-order valence-electron chi connectivity index (χ1n) is 6.72. The van der Waals surface area contributed by atoms with Crippen LogP contribution in [0.1, 0.15) is 12.5 Å². The van der Waals surface area contributed by atoms with Gasteiger partial charge in [-0.15, -0.1) is 0 Å². The van der Waals surface area contributed by atoms with E-state index in [-0.39, 0.29) is 5.56 Å². The monoisotopic (exact) mass is 303 g/mol. The van der Waals surface area contributed by atoms with E-state index >= 15 is 0 Å². The highest BCUT2D eigenvalue weighted by molar-refractivity contribution is 5.84. The number of aliphatic imine (C=N–C) groups is 1. The number of ether oxygens (including phenoxy) is 1. The van der Waals surface area contributed by atoms with Crippen LogP contribution in [0.25, 0.3) is 0 Å². The molecule has 1 N–H and O–H groups in total. The quantitative estimate of drug-likeness (QED) is 0.852. The van der Waals surface area contributed by atoms with E-state index in [2.05, 4.69) is 4.99 Å². The van der Waals surface area contributed by atoms with Crippen LogP contribution in [-0.4, -0.2) is 27.1 Å². The van der Waals surface area contributed by atoms with Crippen molar-refractivity contribution in [3.8, 4) is 11.6 Å². The summed E-state index contributed by atoms with van der Waals surface area (Å²) in [4.78, 5) is 27.9. The first-order valence-corrected chi connectivity index (χ1v) is 6.72. The number of hydrogen-bond acceptors (Lipinski definition) is 5. The summed E-state index contributed by atoms with van der Waals surface area (Å²) in [5, 5.41) is 9.96. The smallest absolute Gasteiger partial charge is 0.333 e. The Morgan fingerprint density at radius 3 is 2.59 bits per heavy atom. The molecule has 0 aliphatic carbocycles. The summed E-state index contributed by atoms with van der Waals surface area (Å²) in [5.74, 6) is 0.146. The van der Waals surface area contributed by atoms with E-state index < -0.39 is 17.1 Å². The van der Waals surface area contributed by atoms with Crippen LogP contribution in [0.15, 0.2) is 38.8 Å². The van der Waals surface area contributed by atoms with Crippen molar-refractivity contribution in [3.63, 3.8) is 0 Å². The molecule has 1 heterocycles. The van der Waals surface area contributed by atoms with Gasteiger partial charge in [0.2, 0.25) is 5.88 Å². The van der Waals surface area contributed by atoms with Crippen LogP contribution in [-0.2, 0) is 14.1 Å². The molecule has 0 atom stereocenters. The van der Waals surface area contributed by atoms with Gasteiger partial charge >= 0.3 is 5.69 Å². The van der Waals surface area contributed by atoms with E-state index in [1.165, 1.54) is 20.3 Å². The number of rotatable bonds is 4. The van der Waals surface area contributed by atoms with Gasteiger partial charge in [0, 0.05) is 20.3 Å². The lowest BCUT2D eigenvalue weighted by molar-refractivity contribution is 0.341. The topological polar surface area (TPSA) is 85.8 Å². The van der Waals surface area contributed by atoms with Gasteiger partial charge < -0.3 is 9.84 Å². The first-order chi connectivity index (χ1) is 10.5. The lowest BCUT2D eigenvalue weighted by atomic mass is 10.3. The molecular formula is C15H17N3O4. The van der Waals surface area contributed by atoms with Crippen molar-refractivity contribution >= 4 is 11.9 Å². The highest BCUT2D eigenvalue weighted by atomic mass is 16.5. The molecule has 0 saturated carbocycles. The maximum Gasteiger partial charge on any atom is 0.333 e. The molecule has 1 aromatic carbocycles. The number of benzene rings is 1. The maximum absolute atomic E-state index is 12.1. The fourth-order valence-electron chi connectivity index (χ4n) is 1.95. The van der Waals surface area contributed by atoms with E-state index in [0.717, 1.165) is 9.13 Å². The molecule has 2 aromatic rings. The largest absolute Gasteiger partial charge is 0.494 e. The zero-order chi connectivity index (χ0) is 16.3. The van der Waals surface area contributed by atoms with Crippen molar-refractivity contribution in [1.82, 2.24) is 9.13 Å². The van der Waals surface area contributed by atoms with Crippen molar-refractivity contribution in [3.05, 3.63) is 50.7 Å². The third kappa shape index (κ3) is 2.78. The zero-order valence-electron chi connectivity index (χ0n) is 12.6. The Hall–Kier alpha value is -2.83. The van der Waals surface area contributed by atoms with E-state index in [1.54, 1.807) is 18.2 Å². The van der Waals surface area contributed by atoms with Crippen molar-refractivity contribution in [2.75, 3.05) is 6.61 Å². The summed E-state index contributed by atoms with van der Waals surface area (Å²) in [6, 6.07) is 7.08. The summed E-state index contributed by atoms with van der Waals surface area (Å²) >= 11 is 0. The normalized spacial score (nSPS) is 11.0. The molecule has 0 saturated heterocycles. The molecular weight excluding hydrogens is 286 g/mol. The van der Waals surface area contributed by atoms with Crippen LogP contribution >= 0.6 is 0 Å². The molecule has 7 heteroatoms. The second-order valence-corrected chi connectivity index (χ2v) is 4.60. The molecule has 7 nitrogen and oxygen atoms in total. The molecule has 0 unspecified atom stereocenters. The number of aromatic nitrogens is 2. The van der Waals surface area contributed by atoms with Gasteiger partial charge in [-0.3, -0.25) is 18.9 Å². The van der Waals surface area contributed by atoms with Crippen LogP contribution in [0, 0.1) is 0 Å². The predicted molar refractivity (Wildman–Crippen MR) is 83.5 cm³/mol. The summed E-state index contributed by atoms with van der Waals surface area (Å²) in [5.41, 5.74) is -0.747. The Labute approximate surface area is 126 Å². The van der Waals surface area contributed by atoms with Crippen LogP contribution in [0.4, 0.5) is 5.69 Å². The lowest BCUT2D eigenvalue weighted by Crippen LogP contribution is -2.38. The number of nitrogens with zero attached hydrogens (tertiary/aromatic N) is 3. The van der Waals surface area contributed by atoms with Crippen molar-refractivity contribution in [2.45, 2.75) is 6.92 Å². The number of para-hydroxylation sites is 2. The van der Waals surface area contributed by atoms with Crippen LogP contribution < -0.4 is 16.0 Å². The van der Waals surface area contributed by atoms with Gasteiger partial charge in [0.25, 0.3) is 5.56 Å². The van der Waals surface area contributed by atoms with Crippen molar-refractivity contribution in [2.24, 2.45) is 19.1 Å². The molecule has 0 amide bonds. The van der Waals surface area contributed by atoms with E-state index in [9.17, 15) is 14.7 Å². The van der Waals surface area contributed by atoms with Gasteiger partial charge in [0.15, 0.2) is 0 Å². The molecule has 116 valence electrons. The van der Waals surface area contributed by atoms with Gasteiger partial charge in [0.1, 0.15) is 17.0 Å². The Kier molecular flexibility index (Phi) is 4.45. The lowest BCUT2D eigenvalue weighted by Gasteiger charge is -2.08. The predicted octanol–water partition coefficient (Wildman–Crippen LogP) is 0.939. The van der Waals surface area contributed by atoms with Gasteiger partial charge in [-0.05, 0) is 19.1 Å². The third-order valence-electron chi connectivity index (χ3n) is 3.17. The summed E-state index contributed by atoms with van der Waals surface area (Å²) < 4.78 is 7.33. The first kappa shape index (κ1) is 15.6. The Morgan fingerprint density at radius 1 is 1.23 bits per heavy atom.